The minimum absolute atomic E-state index is 0.356. The predicted octanol–water partition coefficient (Wildman–Crippen LogP) is 1.83. The van der Waals surface area contributed by atoms with Crippen LogP contribution in [0.4, 0.5) is 11.6 Å². The van der Waals surface area contributed by atoms with E-state index in [1.165, 1.54) is 0 Å². The van der Waals surface area contributed by atoms with Crippen molar-refractivity contribution < 1.29 is 0 Å². The molecule has 1 atom stereocenters. The second-order valence-electron chi connectivity index (χ2n) is 4.75. The van der Waals surface area contributed by atoms with Crippen LogP contribution in [0, 0.1) is 0 Å². The summed E-state index contributed by atoms with van der Waals surface area (Å²) in [7, 11) is 4.14. The van der Waals surface area contributed by atoms with Gasteiger partial charge in [-0.2, -0.15) is 0 Å². The van der Waals surface area contributed by atoms with Crippen molar-refractivity contribution in [3.8, 4) is 0 Å². The Kier molecular flexibility index (Phi) is 5.85. The molecule has 1 rings (SSSR count). The van der Waals surface area contributed by atoms with E-state index in [4.69, 9.17) is 0 Å². The van der Waals surface area contributed by atoms with Gasteiger partial charge >= 0.3 is 0 Å². The van der Waals surface area contributed by atoms with Gasteiger partial charge in [-0.25, -0.2) is 9.97 Å². The van der Waals surface area contributed by atoms with Crippen LogP contribution in [0.15, 0.2) is 6.07 Å². The Morgan fingerprint density at radius 1 is 1.22 bits per heavy atom. The van der Waals surface area contributed by atoms with E-state index in [-0.39, 0.29) is 0 Å². The first kappa shape index (κ1) is 14.7. The van der Waals surface area contributed by atoms with Crippen LogP contribution in [0.2, 0.25) is 0 Å². The molecule has 18 heavy (non-hydrogen) atoms. The number of nitrogens with zero attached hydrogens (tertiary/aromatic N) is 3. The summed E-state index contributed by atoms with van der Waals surface area (Å²) < 4.78 is 0. The minimum atomic E-state index is 0.356. The van der Waals surface area contributed by atoms with Gasteiger partial charge in [0, 0.05) is 31.6 Å². The molecule has 0 aliphatic carbocycles. The number of anilines is 2. The molecule has 1 heterocycles. The fraction of sp³-hybridized carbons (Fsp3) is 0.692. The Labute approximate surface area is 110 Å². The Hall–Kier alpha value is -1.36. The Balaban J connectivity index is 2.77. The van der Waals surface area contributed by atoms with Crippen molar-refractivity contribution in [1.82, 2.24) is 14.9 Å². The highest BCUT2D eigenvalue weighted by Gasteiger charge is 2.07. The third kappa shape index (κ3) is 4.87. The maximum atomic E-state index is 4.50. The fourth-order valence-corrected chi connectivity index (χ4v) is 1.85. The largest absolute Gasteiger partial charge is 0.370 e. The quantitative estimate of drug-likeness (QED) is 0.774. The van der Waals surface area contributed by atoms with Crippen molar-refractivity contribution in [2.75, 3.05) is 37.8 Å². The molecule has 1 aromatic rings. The first-order valence-electron chi connectivity index (χ1n) is 6.58. The number of rotatable bonds is 7. The van der Waals surface area contributed by atoms with Gasteiger partial charge in [-0.05, 0) is 27.9 Å². The van der Waals surface area contributed by atoms with Gasteiger partial charge in [0.15, 0.2) is 0 Å². The molecule has 5 nitrogen and oxygen atoms in total. The van der Waals surface area contributed by atoms with E-state index < -0.39 is 0 Å². The van der Waals surface area contributed by atoms with Gasteiger partial charge in [-0.1, -0.05) is 6.92 Å². The van der Waals surface area contributed by atoms with Crippen LogP contribution in [0.5, 0.6) is 0 Å². The summed E-state index contributed by atoms with van der Waals surface area (Å²) >= 11 is 0. The molecule has 0 spiro atoms. The van der Waals surface area contributed by atoms with Crippen molar-refractivity contribution in [2.45, 2.75) is 33.2 Å². The molecule has 0 aliphatic heterocycles. The highest BCUT2D eigenvalue weighted by molar-refractivity contribution is 5.48. The molecule has 0 fully saturated rings. The van der Waals surface area contributed by atoms with Crippen molar-refractivity contribution in [1.29, 1.82) is 0 Å². The topological polar surface area (TPSA) is 53.1 Å². The smallest absolute Gasteiger partial charge is 0.132 e. The van der Waals surface area contributed by atoms with Gasteiger partial charge in [0.1, 0.15) is 17.5 Å². The number of likely N-dealkylation sites (N-methyl/N-ethyl adjacent to an activating group) is 1. The highest BCUT2D eigenvalue weighted by Crippen LogP contribution is 2.12. The van der Waals surface area contributed by atoms with Gasteiger partial charge < -0.3 is 15.5 Å². The molecule has 5 heteroatoms. The zero-order chi connectivity index (χ0) is 13.5. The number of aryl methyl sites for hydroxylation is 1. The van der Waals surface area contributed by atoms with Gasteiger partial charge in [-0.15, -0.1) is 0 Å². The number of aromatic nitrogens is 2. The van der Waals surface area contributed by atoms with Gasteiger partial charge in [0.25, 0.3) is 0 Å². The number of nitrogens with one attached hydrogen (secondary N) is 2. The monoisotopic (exact) mass is 251 g/mol. The maximum absolute atomic E-state index is 4.50. The maximum Gasteiger partial charge on any atom is 0.132 e. The molecule has 1 aromatic heterocycles. The molecule has 0 aromatic carbocycles. The van der Waals surface area contributed by atoms with Crippen molar-refractivity contribution in [2.24, 2.45) is 0 Å². The molecule has 0 aliphatic rings. The SMILES string of the molecule is CCNc1cc(NC(C)CN(C)C)nc(CC)n1. The van der Waals surface area contributed by atoms with E-state index >= 15 is 0 Å². The lowest BCUT2D eigenvalue weighted by Crippen LogP contribution is -2.30. The van der Waals surface area contributed by atoms with Crippen LogP contribution >= 0.6 is 0 Å². The standard InChI is InChI=1S/C13H25N5/c1-6-11-16-12(14-7-2)8-13(17-11)15-10(3)9-18(4)5/h8,10H,6-7,9H2,1-5H3,(H2,14,15,16,17). The molecule has 0 bridgehead atoms. The summed E-state index contributed by atoms with van der Waals surface area (Å²) in [5, 5.41) is 6.65. The Morgan fingerprint density at radius 2 is 1.89 bits per heavy atom. The van der Waals surface area contributed by atoms with Crippen LogP contribution in [0.25, 0.3) is 0 Å². The lowest BCUT2D eigenvalue weighted by molar-refractivity contribution is 0.392. The molecular formula is C13H25N5. The van der Waals surface area contributed by atoms with Gasteiger partial charge in [-0.3, -0.25) is 0 Å². The van der Waals surface area contributed by atoms with E-state index in [2.05, 4.69) is 60.4 Å². The summed E-state index contributed by atoms with van der Waals surface area (Å²) in [6.07, 6.45) is 0.843. The molecule has 0 saturated carbocycles. The summed E-state index contributed by atoms with van der Waals surface area (Å²) in [6.45, 7) is 8.13. The van der Waals surface area contributed by atoms with E-state index in [0.29, 0.717) is 6.04 Å². The number of hydrogen-bond acceptors (Lipinski definition) is 5. The van der Waals surface area contributed by atoms with Crippen LogP contribution in [0.1, 0.15) is 26.6 Å². The van der Waals surface area contributed by atoms with Crippen LogP contribution < -0.4 is 10.6 Å². The lowest BCUT2D eigenvalue weighted by Gasteiger charge is -2.19. The molecule has 0 amide bonds. The number of hydrogen-bond donors (Lipinski definition) is 2. The average Bonchev–Trinajstić information content (AvgIpc) is 2.27. The summed E-state index contributed by atoms with van der Waals surface area (Å²) in [4.78, 5) is 11.1. The molecule has 0 saturated heterocycles. The highest BCUT2D eigenvalue weighted by atomic mass is 15.1. The van der Waals surface area contributed by atoms with E-state index in [0.717, 1.165) is 37.0 Å². The van der Waals surface area contributed by atoms with Crippen molar-refractivity contribution in [3.05, 3.63) is 11.9 Å². The van der Waals surface area contributed by atoms with Crippen molar-refractivity contribution >= 4 is 11.6 Å². The van der Waals surface area contributed by atoms with Crippen LogP contribution in [-0.2, 0) is 6.42 Å². The second kappa shape index (κ2) is 7.16. The van der Waals surface area contributed by atoms with Gasteiger partial charge in [0.2, 0.25) is 0 Å². The minimum Gasteiger partial charge on any atom is -0.370 e. The second-order valence-corrected chi connectivity index (χ2v) is 4.75. The van der Waals surface area contributed by atoms with Crippen LogP contribution in [0.3, 0.4) is 0 Å². The normalized spacial score (nSPS) is 12.6. The molecular weight excluding hydrogens is 226 g/mol. The summed E-state index contributed by atoms with van der Waals surface area (Å²) in [5.74, 6) is 2.66. The van der Waals surface area contributed by atoms with E-state index in [1.807, 2.05) is 6.07 Å². The first-order chi connectivity index (χ1) is 8.55. The average molecular weight is 251 g/mol. The Morgan fingerprint density at radius 3 is 2.44 bits per heavy atom. The van der Waals surface area contributed by atoms with Gasteiger partial charge in [0.05, 0.1) is 0 Å². The third-order valence-electron chi connectivity index (χ3n) is 2.48. The molecule has 1 unspecified atom stereocenters. The first-order valence-corrected chi connectivity index (χ1v) is 6.58. The molecule has 2 N–H and O–H groups in total. The zero-order valence-corrected chi connectivity index (χ0v) is 12.1. The summed E-state index contributed by atoms with van der Waals surface area (Å²) in [5.41, 5.74) is 0. The van der Waals surface area contributed by atoms with Crippen LogP contribution in [-0.4, -0.2) is 48.1 Å². The predicted molar refractivity (Wildman–Crippen MR) is 77.2 cm³/mol. The van der Waals surface area contributed by atoms with Crippen molar-refractivity contribution in [3.63, 3.8) is 0 Å². The zero-order valence-electron chi connectivity index (χ0n) is 12.1. The fourth-order valence-electron chi connectivity index (χ4n) is 1.85. The lowest BCUT2D eigenvalue weighted by atomic mass is 10.3. The van der Waals surface area contributed by atoms with E-state index in [9.17, 15) is 0 Å². The molecule has 0 radical (unpaired) electrons. The van der Waals surface area contributed by atoms with E-state index in [1.54, 1.807) is 0 Å². The molecule has 102 valence electrons. The third-order valence-corrected chi connectivity index (χ3v) is 2.48. The summed E-state index contributed by atoms with van der Waals surface area (Å²) in [6, 6.07) is 2.32. The Bertz CT molecular complexity index is 364.